The molecule has 20 heavy (non-hydrogen) atoms. The van der Waals surface area contributed by atoms with Gasteiger partial charge in [-0.1, -0.05) is 41.3 Å². The van der Waals surface area contributed by atoms with Gasteiger partial charge in [-0.15, -0.1) is 0 Å². The summed E-state index contributed by atoms with van der Waals surface area (Å²) >= 11 is 1.52. The van der Waals surface area contributed by atoms with Crippen LogP contribution in [-0.4, -0.2) is 23.0 Å². The Balaban J connectivity index is 2.15. The minimum absolute atomic E-state index is 0.610. The highest BCUT2D eigenvalue weighted by Gasteiger charge is 2.05. The minimum Gasteiger partial charge on any atom is -0.375 e. The van der Waals surface area contributed by atoms with E-state index in [-0.39, 0.29) is 0 Å². The molecule has 0 fully saturated rings. The van der Waals surface area contributed by atoms with Crippen LogP contribution in [-0.2, 0) is 0 Å². The number of anilines is 1. The van der Waals surface area contributed by atoms with Crippen molar-refractivity contribution >= 4 is 47.6 Å². The molecule has 0 saturated carbocycles. The van der Waals surface area contributed by atoms with Crippen molar-refractivity contribution in [3.63, 3.8) is 0 Å². The van der Waals surface area contributed by atoms with E-state index in [0.29, 0.717) is 5.13 Å². The highest BCUT2D eigenvalue weighted by Crippen LogP contribution is 2.33. The molecule has 2 nitrogen and oxygen atoms in total. The monoisotopic (exact) mass is 300 g/mol. The summed E-state index contributed by atoms with van der Waals surface area (Å²) in [5, 5.41) is 0.610. The van der Waals surface area contributed by atoms with Gasteiger partial charge in [0.25, 0.3) is 0 Å². The van der Waals surface area contributed by atoms with Crippen LogP contribution in [0.15, 0.2) is 47.4 Å². The van der Waals surface area contributed by atoms with Crippen LogP contribution in [0.1, 0.15) is 0 Å². The molecule has 1 heterocycles. The number of nitrogens with two attached hydrogens (primary N) is 1. The molecular weight excluding hydrogens is 284 g/mol. The van der Waals surface area contributed by atoms with Crippen molar-refractivity contribution in [1.82, 2.24) is 4.98 Å². The van der Waals surface area contributed by atoms with Crippen molar-refractivity contribution in [3.8, 4) is 11.1 Å². The van der Waals surface area contributed by atoms with Gasteiger partial charge in [0, 0.05) is 0 Å². The van der Waals surface area contributed by atoms with Crippen molar-refractivity contribution in [2.45, 2.75) is 4.90 Å². The van der Waals surface area contributed by atoms with Gasteiger partial charge in [0.2, 0.25) is 0 Å². The normalized spacial score (nSPS) is 11.8. The zero-order valence-electron chi connectivity index (χ0n) is 11.3. The Bertz CT molecular complexity index is 890. The second-order valence-corrected chi connectivity index (χ2v) is 9.12. The van der Waals surface area contributed by atoms with E-state index in [1.807, 2.05) is 6.07 Å². The zero-order valence-corrected chi connectivity index (χ0v) is 12.9. The summed E-state index contributed by atoms with van der Waals surface area (Å²) in [7, 11) is -1.20. The first-order valence-corrected chi connectivity index (χ1v) is 9.34. The molecule has 0 amide bonds. The lowest BCUT2D eigenvalue weighted by atomic mass is 10.1. The maximum atomic E-state index is 5.75. The maximum Gasteiger partial charge on any atom is 0.181 e. The number of nitrogens with zero attached hydrogens (tertiary/aromatic N) is 1. The van der Waals surface area contributed by atoms with E-state index in [1.54, 1.807) is 0 Å². The van der Waals surface area contributed by atoms with Gasteiger partial charge in [0.15, 0.2) is 5.13 Å². The summed E-state index contributed by atoms with van der Waals surface area (Å²) in [5.41, 5.74) is 9.07. The molecule has 0 unspecified atom stereocenters. The van der Waals surface area contributed by atoms with E-state index in [1.165, 1.54) is 27.4 Å². The summed E-state index contributed by atoms with van der Waals surface area (Å²) in [6, 6.07) is 14.7. The fourth-order valence-corrected chi connectivity index (χ4v) is 3.70. The molecule has 0 aliphatic heterocycles. The third-order valence-electron chi connectivity index (χ3n) is 3.14. The summed E-state index contributed by atoms with van der Waals surface area (Å²) in [4.78, 5) is 5.49. The van der Waals surface area contributed by atoms with E-state index < -0.39 is 9.21 Å². The van der Waals surface area contributed by atoms with Crippen molar-refractivity contribution in [1.29, 1.82) is 0 Å². The molecule has 3 rings (SSSR count). The van der Waals surface area contributed by atoms with Gasteiger partial charge < -0.3 is 5.73 Å². The SMILES string of the molecule is C=S(=C)(C)c1cccc(-c2ccc3nc(N)sc3c2)c1. The molecule has 2 aromatic carbocycles. The molecule has 102 valence electrons. The molecule has 0 spiro atoms. The fraction of sp³-hybridized carbons (Fsp3) is 0.0625. The van der Waals surface area contributed by atoms with E-state index in [0.717, 1.165) is 10.2 Å². The van der Waals surface area contributed by atoms with E-state index in [9.17, 15) is 0 Å². The lowest BCUT2D eigenvalue weighted by Crippen LogP contribution is -1.82. The Kier molecular flexibility index (Phi) is 3.07. The zero-order chi connectivity index (χ0) is 14.3. The lowest BCUT2D eigenvalue weighted by Gasteiger charge is -2.10. The molecule has 1 aromatic heterocycles. The topological polar surface area (TPSA) is 38.9 Å². The lowest BCUT2D eigenvalue weighted by molar-refractivity contribution is 1.45. The van der Waals surface area contributed by atoms with Crippen LogP contribution in [0.5, 0.6) is 0 Å². The molecule has 0 bridgehead atoms. The molecule has 0 aliphatic carbocycles. The average molecular weight is 300 g/mol. The van der Waals surface area contributed by atoms with E-state index in [4.69, 9.17) is 5.73 Å². The Hall–Kier alpha value is -1.78. The van der Waals surface area contributed by atoms with Gasteiger partial charge in [0.05, 0.1) is 10.2 Å². The first kappa shape index (κ1) is 13.2. The third kappa shape index (κ3) is 2.44. The van der Waals surface area contributed by atoms with Crippen molar-refractivity contribution in [2.75, 3.05) is 12.0 Å². The third-order valence-corrected chi connectivity index (χ3v) is 5.38. The molecule has 0 atom stereocenters. The van der Waals surface area contributed by atoms with Gasteiger partial charge in [-0.05, 0) is 46.5 Å². The number of benzene rings is 2. The van der Waals surface area contributed by atoms with E-state index >= 15 is 0 Å². The largest absolute Gasteiger partial charge is 0.375 e. The van der Waals surface area contributed by atoms with Gasteiger partial charge in [-0.2, -0.15) is 9.21 Å². The first-order valence-electron chi connectivity index (χ1n) is 6.14. The van der Waals surface area contributed by atoms with Crippen LogP contribution in [0.2, 0.25) is 0 Å². The summed E-state index contributed by atoms with van der Waals surface area (Å²) in [6.45, 7) is 0. The van der Waals surface area contributed by atoms with Crippen LogP contribution in [0.3, 0.4) is 0 Å². The first-order chi connectivity index (χ1) is 9.43. The molecule has 0 saturated heterocycles. The van der Waals surface area contributed by atoms with Gasteiger partial charge in [0.1, 0.15) is 0 Å². The maximum absolute atomic E-state index is 5.75. The fourth-order valence-electron chi connectivity index (χ4n) is 2.10. The van der Waals surface area contributed by atoms with E-state index in [2.05, 4.69) is 59.4 Å². The highest BCUT2D eigenvalue weighted by atomic mass is 32.2. The minimum atomic E-state index is -1.20. The summed E-state index contributed by atoms with van der Waals surface area (Å²) in [6.07, 6.45) is 2.10. The molecule has 2 N–H and O–H groups in total. The number of nitrogen functional groups attached to an aromatic ring is 1. The molecule has 3 aromatic rings. The number of thiazole rings is 1. The Morgan fingerprint density at radius 2 is 1.85 bits per heavy atom. The summed E-state index contributed by atoms with van der Waals surface area (Å²) in [5.74, 6) is 8.35. The van der Waals surface area contributed by atoms with Gasteiger partial charge in [-0.3, -0.25) is 0 Å². The Labute approximate surface area is 123 Å². The van der Waals surface area contributed by atoms with Crippen molar-refractivity contribution < 1.29 is 0 Å². The van der Waals surface area contributed by atoms with Crippen LogP contribution in [0, 0.1) is 0 Å². The second kappa shape index (κ2) is 4.65. The Morgan fingerprint density at radius 3 is 2.60 bits per heavy atom. The summed E-state index contributed by atoms with van der Waals surface area (Å²) < 4.78 is 1.12. The quantitative estimate of drug-likeness (QED) is 0.720. The van der Waals surface area contributed by atoms with Crippen LogP contribution in [0.4, 0.5) is 5.13 Å². The number of hydrogen-bond donors (Lipinski definition) is 1. The molecule has 4 heteroatoms. The number of fused-ring (bicyclic) bond motifs is 1. The van der Waals surface area contributed by atoms with Crippen LogP contribution >= 0.6 is 20.5 Å². The molecular formula is C16H16N2S2. The van der Waals surface area contributed by atoms with Crippen LogP contribution in [0.25, 0.3) is 21.3 Å². The number of rotatable bonds is 2. The average Bonchev–Trinajstić information content (AvgIpc) is 2.77. The molecule has 0 radical (unpaired) electrons. The Morgan fingerprint density at radius 1 is 1.10 bits per heavy atom. The predicted octanol–water partition coefficient (Wildman–Crippen LogP) is 4.20. The molecule has 0 aliphatic rings. The number of aromatic nitrogens is 1. The van der Waals surface area contributed by atoms with Gasteiger partial charge in [-0.25, -0.2) is 4.98 Å². The van der Waals surface area contributed by atoms with Crippen molar-refractivity contribution in [3.05, 3.63) is 42.5 Å². The highest BCUT2D eigenvalue weighted by molar-refractivity contribution is 8.27. The van der Waals surface area contributed by atoms with Crippen molar-refractivity contribution in [2.24, 2.45) is 0 Å². The standard InChI is InChI=1S/C16H16N2S2/c1-20(2,3)13-6-4-5-11(9-13)12-7-8-14-15(10-12)19-16(17)18-14/h4-10H,1-2H2,3H3,(H2,17,18). The predicted molar refractivity (Wildman–Crippen MR) is 95.5 cm³/mol. The smallest absolute Gasteiger partial charge is 0.181 e. The van der Waals surface area contributed by atoms with Crippen LogP contribution < -0.4 is 5.73 Å². The number of hydrogen-bond acceptors (Lipinski definition) is 3. The van der Waals surface area contributed by atoms with Gasteiger partial charge >= 0.3 is 0 Å². The second-order valence-electron chi connectivity index (χ2n) is 5.04.